The number of benzene rings is 2. The van der Waals surface area contributed by atoms with Gasteiger partial charge in [-0.3, -0.25) is 9.89 Å². The fourth-order valence-electron chi connectivity index (χ4n) is 2.78. The Hall–Kier alpha value is -3.53. The maximum Gasteiger partial charge on any atom is 0.227 e. The van der Waals surface area contributed by atoms with Crippen LogP contribution in [0.4, 0.5) is 10.1 Å². The summed E-state index contributed by atoms with van der Waals surface area (Å²) in [5.41, 5.74) is 2.19. The van der Waals surface area contributed by atoms with E-state index in [0.29, 0.717) is 34.1 Å². The van der Waals surface area contributed by atoms with Gasteiger partial charge < -0.3 is 9.84 Å². The fraction of sp³-hybridized carbons (Fsp3) is 0.190. The van der Waals surface area contributed by atoms with Crippen molar-refractivity contribution in [1.29, 1.82) is 0 Å². The third kappa shape index (κ3) is 5.54. The molecular formula is C21H19FN6O2S. The number of aryl methyl sites for hydroxylation is 2. The van der Waals surface area contributed by atoms with Gasteiger partial charge in [-0.05, 0) is 24.6 Å². The molecule has 0 bridgehead atoms. The highest BCUT2D eigenvalue weighted by atomic mass is 32.2. The van der Waals surface area contributed by atoms with E-state index in [2.05, 4.69) is 30.6 Å². The maximum atomic E-state index is 13.3. The van der Waals surface area contributed by atoms with Crippen molar-refractivity contribution in [3.05, 3.63) is 71.6 Å². The lowest BCUT2D eigenvalue weighted by Crippen LogP contribution is -2.13. The van der Waals surface area contributed by atoms with Crippen LogP contribution in [-0.2, 0) is 17.0 Å². The molecule has 0 atom stereocenters. The molecule has 0 spiro atoms. The Bertz CT molecular complexity index is 1180. The third-order valence-electron chi connectivity index (χ3n) is 4.39. The molecule has 0 unspecified atom stereocenters. The third-order valence-corrected chi connectivity index (χ3v) is 5.24. The van der Waals surface area contributed by atoms with Gasteiger partial charge in [0.2, 0.25) is 17.0 Å². The lowest BCUT2D eigenvalue weighted by Gasteiger charge is -2.07. The normalized spacial score (nSPS) is 10.9. The molecule has 2 aromatic carbocycles. The molecule has 2 N–H and O–H groups in total. The zero-order valence-corrected chi connectivity index (χ0v) is 17.4. The summed E-state index contributed by atoms with van der Waals surface area (Å²) in [6, 6.07) is 14.0. The SMILES string of the molecule is Cc1ccc(F)cc1NC(=O)CCc1nc(CSc2n[nH]c(-c3ccccc3)n2)no1. The average Bonchev–Trinajstić information content (AvgIpc) is 3.43. The minimum absolute atomic E-state index is 0.145. The van der Waals surface area contributed by atoms with E-state index < -0.39 is 5.82 Å². The number of hydrogen-bond acceptors (Lipinski definition) is 7. The Labute approximate surface area is 181 Å². The second kappa shape index (κ2) is 9.52. The summed E-state index contributed by atoms with van der Waals surface area (Å²) in [7, 11) is 0. The molecule has 0 aliphatic rings. The number of hydrogen-bond donors (Lipinski definition) is 2. The van der Waals surface area contributed by atoms with E-state index in [9.17, 15) is 9.18 Å². The van der Waals surface area contributed by atoms with Gasteiger partial charge in [-0.25, -0.2) is 9.37 Å². The number of carbonyl (C=O) groups is 1. The molecule has 0 saturated heterocycles. The molecule has 1 amide bonds. The summed E-state index contributed by atoms with van der Waals surface area (Å²) < 4.78 is 18.5. The summed E-state index contributed by atoms with van der Waals surface area (Å²) >= 11 is 1.38. The van der Waals surface area contributed by atoms with Crippen LogP contribution in [0.15, 0.2) is 58.2 Å². The van der Waals surface area contributed by atoms with Crippen molar-refractivity contribution in [3.8, 4) is 11.4 Å². The summed E-state index contributed by atoms with van der Waals surface area (Å²) in [4.78, 5) is 20.9. The smallest absolute Gasteiger partial charge is 0.227 e. The van der Waals surface area contributed by atoms with Crippen LogP contribution >= 0.6 is 11.8 Å². The summed E-state index contributed by atoms with van der Waals surface area (Å²) in [6.45, 7) is 1.80. The molecule has 0 fully saturated rings. The lowest BCUT2D eigenvalue weighted by molar-refractivity contribution is -0.116. The van der Waals surface area contributed by atoms with Gasteiger partial charge in [-0.1, -0.05) is 53.3 Å². The van der Waals surface area contributed by atoms with Gasteiger partial charge in [-0.15, -0.1) is 5.10 Å². The number of thioether (sulfide) groups is 1. The highest BCUT2D eigenvalue weighted by molar-refractivity contribution is 7.98. The molecule has 0 radical (unpaired) electrons. The van der Waals surface area contributed by atoms with Gasteiger partial charge in [0.1, 0.15) is 5.82 Å². The molecule has 0 aliphatic carbocycles. The van der Waals surface area contributed by atoms with Crippen LogP contribution in [-0.4, -0.2) is 31.2 Å². The number of halogens is 1. The molecule has 10 heteroatoms. The van der Waals surface area contributed by atoms with Gasteiger partial charge >= 0.3 is 0 Å². The van der Waals surface area contributed by atoms with Gasteiger partial charge in [0, 0.05) is 24.1 Å². The molecular weight excluding hydrogens is 419 g/mol. The topological polar surface area (TPSA) is 110 Å². The number of amides is 1. The predicted molar refractivity (Wildman–Crippen MR) is 114 cm³/mol. The van der Waals surface area contributed by atoms with Gasteiger partial charge in [0.15, 0.2) is 11.6 Å². The van der Waals surface area contributed by atoms with Crippen LogP contribution in [0.25, 0.3) is 11.4 Å². The Morgan fingerprint density at radius 3 is 2.87 bits per heavy atom. The quantitative estimate of drug-likeness (QED) is 0.397. The second-order valence-electron chi connectivity index (χ2n) is 6.73. The number of H-pyrrole nitrogens is 1. The largest absolute Gasteiger partial charge is 0.339 e. The van der Waals surface area contributed by atoms with Crippen molar-refractivity contribution in [2.45, 2.75) is 30.7 Å². The minimum atomic E-state index is -0.401. The first kappa shape index (κ1) is 20.7. The van der Waals surface area contributed by atoms with Gasteiger partial charge in [-0.2, -0.15) is 4.98 Å². The molecule has 8 nitrogen and oxygen atoms in total. The number of aromatic nitrogens is 5. The zero-order valence-electron chi connectivity index (χ0n) is 16.6. The van der Waals surface area contributed by atoms with Crippen LogP contribution in [0.1, 0.15) is 23.7 Å². The van der Waals surface area contributed by atoms with E-state index in [1.165, 1.54) is 23.9 Å². The van der Waals surface area contributed by atoms with Crippen molar-refractivity contribution in [3.63, 3.8) is 0 Å². The monoisotopic (exact) mass is 438 g/mol. The lowest BCUT2D eigenvalue weighted by atomic mass is 10.2. The highest BCUT2D eigenvalue weighted by Gasteiger charge is 2.12. The van der Waals surface area contributed by atoms with E-state index in [0.717, 1.165) is 11.1 Å². The number of nitrogens with zero attached hydrogens (tertiary/aromatic N) is 4. The number of anilines is 1. The molecule has 158 valence electrons. The van der Waals surface area contributed by atoms with Crippen molar-refractivity contribution in [1.82, 2.24) is 25.3 Å². The predicted octanol–water partition coefficient (Wildman–Crippen LogP) is 4.17. The van der Waals surface area contributed by atoms with Crippen molar-refractivity contribution in [2.24, 2.45) is 0 Å². The Morgan fingerprint density at radius 2 is 2.03 bits per heavy atom. The summed E-state index contributed by atoms with van der Waals surface area (Å²) in [5.74, 6) is 1.33. The zero-order chi connectivity index (χ0) is 21.6. The first-order chi connectivity index (χ1) is 15.1. The molecule has 0 saturated carbocycles. The number of nitrogens with one attached hydrogen (secondary N) is 2. The Kier molecular flexibility index (Phi) is 6.37. The van der Waals surface area contributed by atoms with Crippen LogP contribution in [0.2, 0.25) is 0 Å². The van der Waals surface area contributed by atoms with Crippen LogP contribution in [0.3, 0.4) is 0 Å². The van der Waals surface area contributed by atoms with Crippen molar-refractivity contribution in [2.75, 3.05) is 5.32 Å². The van der Waals surface area contributed by atoms with E-state index in [4.69, 9.17) is 4.52 Å². The highest BCUT2D eigenvalue weighted by Crippen LogP contribution is 2.21. The molecule has 2 heterocycles. The minimum Gasteiger partial charge on any atom is -0.339 e. The summed E-state index contributed by atoms with van der Waals surface area (Å²) in [6.07, 6.45) is 0.433. The number of carbonyl (C=O) groups excluding carboxylic acids is 1. The van der Waals surface area contributed by atoms with Gasteiger partial charge in [0.25, 0.3) is 0 Å². The van der Waals surface area contributed by atoms with Crippen LogP contribution < -0.4 is 5.32 Å². The van der Waals surface area contributed by atoms with E-state index in [-0.39, 0.29) is 18.7 Å². The van der Waals surface area contributed by atoms with Crippen LogP contribution in [0.5, 0.6) is 0 Å². The number of aromatic amines is 1. The molecule has 0 aliphatic heterocycles. The second-order valence-corrected chi connectivity index (χ2v) is 7.68. The molecule has 2 aromatic heterocycles. The average molecular weight is 438 g/mol. The van der Waals surface area contributed by atoms with E-state index in [1.54, 1.807) is 13.0 Å². The molecule has 31 heavy (non-hydrogen) atoms. The number of rotatable bonds is 8. The van der Waals surface area contributed by atoms with Gasteiger partial charge in [0.05, 0.1) is 5.75 Å². The molecule has 4 aromatic rings. The standard InChI is InChI=1S/C21H19FN6O2S/c1-13-7-8-15(22)11-16(13)23-18(29)9-10-19-24-17(28-30-19)12-31-21-25-20(26-27-21)14-5-3-2-4-6-14/h2-8,11H,9-10,12H2,1H3,(H,23,29)(H,25,26,27). The Balaban J connectivity index is 1.26. The van der Waals surface area contributed by atoms with E-state index >= 15 is 0 Å². The first-order valence-corrected chi connectivity index (χ1v) is 10.5. The van der Waals surface area contributed by atoms with Crippen LogP contribution in [0, 0.1) is 12.7 Å². The van der Waals surface area contributed by atoms with Crippen molar-refractivity contribution >= 4 is 23.4 Å². The van der Waals surface area contributed by atoms with Crippen molar-refractivity contribution < 1.29 is 13.7 Å². The summed E-state index contributed by atoms with van der Waals surface area (Å²) in [5, 5.41) is 14.3. The Morgan fingerprint density at radius 1 is 1.19 bits per heavy atom. The first-order valence-electron chi connectivity index (χ1n) is 9.55. The maximum absolute atomic E-state index is 13.3. The van der Waals surface area contributed by atoms with E-state index in [1.807, 2.05) is 30.3 Å². The fourth-order valence-corrected chi connectivity index (χ4v) is 3.42. The molecule has 4 rings (SSSR count).